The second-order valence-corrected chi connectivity index (χ2v) is 4.25. The van der Waals surface area contributed by atoms with E-state index in [1.807, 2.05) is 13.0 Å². The molecule has 0 N–H and O–H groups in total. The molecule has 0 unspecified atom stereocenters. The van der Waals surface area contributed by atoms with Crippen molar-refractivity contribution in [2.75, 3.05) is 6.61 Å². The van der Waals surface area contributed by atoms with E-state index in [-0.39, 0.29) is 0 Å². The van der Waals surface area contributed by atoms with Crippen LogP contribution >= 0.6 is 43.5 Å². The van der Waals surface area contributed by atoms with E-state index in [2.05, 4.69) is 31.9 Å². The van der Waals surface area contributed by atoms with Gasteiger partial charge in [-0.25, -0.2) is 0 Å². The minimum Gasteiger partial charge on any atom is -0.493 e. The maximum atomic E-state index is 5.87. The molecule has 1 nitrogen and oxygen atoms in total. The van der Waals surface area contributed by atoms with Crippen molar-refractivity contribution >= 4 is 43.5 Å². The molecule has 0 aromatic heterocycles. The number of hydrogen-bond acceptors (Lipinski definition) is 1. The molecule has 0 amide bonds. The van der Waals surface area contributed by atoms with E-state index in [0.29, 0.717) is 11.6 Å². The molecule has 66 valence electrons. The summed E-state index contributed by atoms with van der Waals surface area (Å²) in [5, 5.41) is 0.654. The van der Waals surface area contributed by atoms with Crippen LogP contribution in [0.25, 0.3) is 0 Å². The van der Waals surface area contributed by atoms with Gasteiger partial charge in [-0.15, -0.1) is 0 Å². The van der Waals surface area contributed by atoms with Gasteiger partial charge in [0.2, 0.25) is 0 Å². The Morgan fingerprint density at radius 3 is 2.58 bits per heavy atom. The minimum absolute atomic E-state index is 0.635. The van der Waals surface area contributed by atoms with E-state index >= 15 is 0 Å². The van der Waals surface area contributed by atoms with Crippen molar-refractivity contribution < 1.29 is 4.74 Å². The van der Waals surface area contributed by atoms with Crippen molar-refractivity contribution in [1.29, 1.82) is 0 Å². The van der Waals surface area contributed by atoms with Crippen molar-refractivity contribution in [1.82, 2.24) is 0 Å². The van der Waals surface area contributed by atoms with Crippen LogP contribution in [0.1, 0.15) is 6.92 Å². The summed E-state index contributed by atoms with van der Waals surface area (Å²) >= 11 is 12.6. The van der Waals surface area contributed by atoms with E-state index < -0.39 is 0 Å². The standard InChI is InChI=1S/C8H7Br2ClO/c1-2-12-8-4-7(11)5(9)3-6(8)10/h3-4H,2H2,1H3. The minimum atomic E-state index is 0.635. The van der Waals surface area contributed by atoms with Gasteiger partial charge >= 0.3 is 0 Å². The van der Waals surface area contributed by atoms with Crippen molar-refractivity contribution in [3.05, 3.63) is 26.1 Å². The average molecular weight is 314 g/mol. The van der Waals surface area contributed by atoms with Gasteiger partial charge in [0.15, 0.2) is 0 Å². The maximum absolute atomic E-state index is 5.87. The third-order valence-corrected chi connectivity index (χ3v) is 3.09. The molecular formula is C8H7Br2ClO. The number of ether oxygens (including phenoxy) is 1. The monoisotopic (exact) mass is 312 g/mol. The van der Waals surface area contributed by atoms with Gasteiger partial charge in [0.05, 0.1) is 16.1 Å². The summed E-state index contributed by atoms with van der Waals surface area (Å²) in [7, 11) is 0. The van der Waals surface area contributed by atoms with Crippen molar-refractivity contribution in [2.24, 2.45) is 0 Å². The Kier molecular flexibility index (Phi) is 3.87. The van der Waals surface area contributed by atoms with Crippen molar-refractivity contribution in [3.8, 4) is 5.75 Å². The van der Waals surface area contributed by atoms with Crippen LogP contribution in [0, 0.1) is 0 Å². The fraction of sp³-hybridized carbons (Fsp3) is 0.250. The fourth-order valence-corrected chi connectivity index (χ4v) is 2.03. The third kappa shape index (κ3) is 2.38. The van der Waals surface area contributed by atoms with Gasteiger partial charge in [-0.1, -0.05) is 11.6 Å². The Balaban J connectivity index is 3.05. The highest BCUT2D eigenvalue weighted by atomic mass is 79.9. The van der Waals surface area contributed by atoms with Gasteiger partial charge in [-0.2, -0.15) is 0 Å². The van der Waals surface area contributed by atoms with Crippen LogP contribution in [0.2, 0.25) is 5.02 Å². The van der Waals surface area contributed by atoms with E-state index in [9.17, 15) is 0 Å². The summed E-state index contributed by atoms with van der Waals surface area (Å²) in [6, 6.07) is 3.65. The largest absolute Gasteiger partial charge is 0.493 e. The molecule has 0 aliphatic rings. The molecule has 0 spiro atoms. The van der Waals surface area contributed by atoms with Crippen molar-refractivity contribution in [2.45, 2.75) is 6.92 Å². The van der Waals surface area contributed by atoms with Gasteiger partial charge in [0.25, 0.3) is 0 Å². The van der Waals surface area contributed by atoms with E-state index in [1.54, 1.807) is 6.07 Å². The lowest BCUT2D eigenvalue weighted by Crippen LogP contribution is -1.92. The Bertz CT molecular complexity index is 289. The topological polar surface area (TPSA) is 9.23 Å². The quantitative estimate of drug-likeness (QED) is 0.741. The number of halogens is 3. The SMILES string of the molecule is CCOc1cc(Cl)c(Br)cc1Br. The molecule has 0 radical (unpaired) electrons. The lowest BCUT2D eigenvalue weighted by molar-refractivity contribution is 0.338. The molecule has 0 saturated carbocycles. The zero-order chi connectivity index (χ0) is 9.14. The fourth-order valence-electron chi connectivity index (χ4n) is 0.770. The normalized spacial score (nSPS) is 10.0. The molecule has 0 fully saturated rings. The van der Waals surface area contributed by atoms with Gasteiger partial charge in [0, 0.05) is 10.5 Å². The molecule has 1 aromatic carbocycles. The lowest BCUT2D eigenvalue weighted by atomic mass is 10.3. The predicted molar refractivity (Wildman–Crippen MR) is 58.0 cm³/mol. The Hall–Kier alpha value is 0.270. The van der Waals surface area contributed by atoms with Crippen LogP contribution in [-0.4, -0.2) is 6.61 Å². The van der Waals surface area contributed by atoms with E-state index in [1.165, 1.54) is 0 Å². The zero-order valence-electron chi connectivity index (χ0n) is 6.40. The molecule has 0 atom stereocenters. The Morgan fingerprint density at radius 2 is 2.00 bits per heavy atom. The number of benzene rings is 1. The molecule has 1 rings (SSSR count). The molecule has 12 heavy (non-hydrogen) atoms. The summed E-state index contributed by atoms with van der Waals surface area (Å²) in [6.07, 6.45) is 0. The average Bonchev–Trinajstić information content (AvgIpc) is 2.01. The highest BCUT2D eigenvalue weighted by Gasteiger charge is 2.04. The van der Waals surface area contributed by atoms with Crippen LogP contribution in [0.15, 0.2) is 21.1 Å². The smallest absolute Gasteiger partial charge is 0.135 e. The number of hydrogen-bond donors (Lipinski definition) is 0. The van der Waals surface area contributed by atoms with Crippen LogP contribution in [-0.2, 0) is 0 Å². The van der Waals surface area contributed by atoms with Crippen molar-refractivity contribution in [3.63, 3.8) is 0 Å². The molecule has 0 bridgehead atoms. The predicted octanol–water partition coefficient (Wildman–Crippen LogP) is 4.26. The summed E-state index contributed by atoms with van der Waals surface area (Å²) in [5.74, 6) is 0.769. The first-order valence-corrected chi connectivity index (χ1v) is 5.39. The molecule has 0 saturated heterocycles. The molecule has 0 aliphatic heterocycles. The Morgan fingerprint density at radius 1 is 1.33 bits per heavy atom. The summed E-state index contributed by atoms with van der Waals surface area (Å²) in [6.45, 7) is 2.57. The lowest BCUT2D eigenvalue weighted by Gasteiger charge is -2.06. The Labute approximate surface area is 93.3 Å². The van der Waals surface area contributed by atoms with Crippen LogP contribution in [0.5, 0.6) is 5.75 Å². The van der Waals surface area contributed by atoms with Crippen LogP contribution < -0.4 is 4.74 Å². The number of rotatable bonds is 2. The summed E-state index contributed by atoms with van der Waals surface area (Å²) < 4.78 is 7.08. The highest BCUT2D eigenvalue weighted by molar-refractivity contribution is 9.11. The van der Waals surface area contributed by atoms with E-state index in [0.717, 1.165) is 14.7 Å². The second kappa shape index (κ2) is 4.49. The summed E-state index contributed by atoms with van der Waals surface area (Å²) in [5.41, 5.74) is 0. The van der Waals surface area contributed by atoms with Crippen LogP contribution in [0.4, 0.5) is 0 Å². The summed E-state index contributed by atoms with van der Waals surface area (Å²) in [4.78, 5) is 0. The molecule has 1 aromatic rings. The third-order valence-electron chi connectivity index (χ3n) is 1.27. The van der Waals surface area contributed by atoms with E-state index in [4.69, 9.17) is 16.3 Å². The molecule has 0 aliphatic carbocycles. The zero-order valence-corrected chi connectivity index (χ0v) is 10.3. The van der Waals surface area contributed by atoms with Gasteiger partial charge in [-0.3, -0.25) is 0 Å². The first-order chi connectivity index (χ1) is 5.65. The van der Waals surface area contributed by atoms with Gasteiger partial charge in [0.1, 0.15) is 5.75 Å². The molecule has 4 heteroatoms. The highest BCUT2D eigenvalue weighted by Crippen LogP contribution is 2.34. The first-order valence-electron chi connectivity index (χ1n) is 3.42. The second-order valence-electron chi connectivity index (χ2n) is 2.13. The first kappa shape index (κ1) is 10.4. The molecule has 0 heterocycles. The van der Waals surface area contributed by atoms with Crippen LogP contribution in [0.3, 0.4) is 0 Å². The van der Waals surface area contributed by atoms with Gasteiger partial charge < -0.3 is 4.74 Å². The van der Waals surface area contributed by atoms with Gasteiger partial charge in [-0.05, 0) is 44.8 Å². The molecular weight excluding hydrogens is 307 g/mol. The maximum Gasteiger partial charge on any atom is 0.135 e.